The Morgan fingerprint density at radius 1 is 1.41 bits per heavy atom. The van der Waals surface area contributed by atoms with E-state index in [4.69, 9.17) is 4.74 Å². The van der Waals surface area contributed by atoms with Gasteiger partial charge in [-0.2, -0.15) is 11.3 Å². The van der Waals surface area contributed by atoms with Crippen LogP contribution in [0.4, 0.5) is 0 Å². The lowest BCUT2D eigenvalue weighted by molar-refractivity contribution is 0.190. The highest BCUT2D eigenvalue weighted by molar-refractivity contribution is 7.07. The summed E-state index contributed by atoms with van der Waals surface area (Å²) in [5.74, 6) is 0. The van der Waals surface area contributed by atoms with E-state index in [1.54, 1.807) is 7.11 Å². The predicted octanol–water partition coefficient (Wildman–Crippen LogP) is 3.09. The fourth-order valence-electron chi connectivity index (χ4n) is 2.90. The lowest BCUT2D eigenvalue weighted by atomic mass is 9.80. The maximum Gasteiger partial charge on any atom is 0.0587 e. The van der Waals surface area contributed by atoms with Gasteiger partial charge in [-0.15, -0.1) is 0 Å². The van der Waals surface area contributed by atoms with Crippen LogP contribution in [-0.4, -0.2) is 26.8 Å². The van der Waals surface area contributed by atoms with E-state index in [9.17, 15) is 0 Å². The third-order valence-electron chi connectivity index (χ3n) is 3.81. The second kappa shape index (κ2) is 6.53. The van der Waals surface area contributed by atoms with E-state index in [0.717, 1.165) is 19.7 Å². The third kappa shape index (κ3) is 3.80. The largest absolute Gasteiger partial charge is 0.383 e. The van der Waals surface area contributed by atoms with Crippen molar-refractivity contribution < 1.29 is 4.74 Å². The zero-order chi connectivity index (χ0) is 12.0. The first-order valence-electron chi connectivity index (χ1n) is 6.55. The molecule has 96 valence electrons. The van der Waals surface area contributed by atoms with Crippen molar-refractivity contribution in [1.82, 2.24) is 5.32 Å². The molecule has 0 aromatic carbocycles. The van der Waals surface area contributed by atoms with Gasteiger partial charge in [-0.1, -0.05) is 12.8 Å². The number of nitrogens with one attached hydrogen (secondary N) is 1. The molecule has 1 heterocycles. The first kappa shape index (κ1) is 13.1. The van der Waals surface area contributed by atoms with E-state index in [2.05, 4.69) is 22.1 Å². The summed E-state index contributed by atoms with van der Waals surface area (Å²) in [5.41, 5.74) is 2.03. The van der Waals surface area contributed by atoms with Gasteiger partial charge >= 0.3 is 0 Å². The SMILES string of the molecule is COCCNCC1(Cc2ccsc2)CCCC1. The molecule has 0 radical (unpaired) electrons. The van der Waals surface area contributed by atoms with Gasteiger partial charge in [0.2, 0.25) is 0 Å². The molecule has 1 aliphatic carbocycles. The highest BCUT2D eigenvalue weighted by atomic mass is 32.1. The van der Waals surface area contributed by atoms with Gasteiger partial charge in [-0.05, 0) is 47.1 Å². The zero-order valence-electron chi connectivity index (χ0n) is 10.7. The van der Waals surface area contributed by atoms with Crippen LogP contribution in [0.2, 0.25) is 0 Å². The van der Waals surface area contributed by atoms with Crippen molar-refractivity contribution in [2.24, 2.45) is 5.41 Å². The van der Waals surface area contributed by atoms with Crippen LogP contribution >= 0.6 is 11.3 Å². The number of hydrogen-bond donors (Lipinski definition) is 1. The molecule has 2 nitrogen and oxygen atoms in total. The maximum absolute atomic E-state index is 5.08. The summed E-state index contributed by atoms with van der Waals surface area (Å²) in [5, 5.41) is 8.05. The van der Waals surface area contributed by atoms with E-state index >= 15 is 0 Å². The Morgan fingerprint density at radius 2 is 2.24 bits per heavy atom. The molecule has 1 saturated carbocycles. The van der Waals surface area contributed by atoms with Gasteiger partial charge in [0, 0.05) is 20.2 Å². The summed E-state index contributed by atoms with van der Waals surface area (Å²) in [6.07, 6.45) is 6.80. The average molecular weight is 253 g/mol. The smallest absolute Gasteiger partial charge is 0.0587 e. The summed E-state index contributed by atoms with van der Waals surface area (Å²) in [6, 6.07) is 2.28. The molecule has 0 aliphatic heterocycles. The minimum Gasteiger partial charge on any atom is -0.383 e. The van der Waals surface area contributed by atoms with Crippen molar-refractivity contribution in [1.29, 1.82) is 0 Å². The Morgan fingerprint density at radius 3 is 2.88 bits per heavy atom. The molecule has 1 aromatic rings. The van der Waals surface area contributed by atoms with Crippen LogP contribution < -0.4 is 5.32 Å². The molecule has 1 aromatic heterocycles. The van der Waals surface area contributed by atoms with E-state index in [-0.39, 0.29) is 0 Å². The predicted molar refractivity (Wildman–Crippen MR) is 73.7 cm³/mol. The normalized spacial score (nSPS) is 18.6. The molecule has 0 atom stereocenters. The molecule has 0 amide bonds. The molecule has 2 rings (SSSR count). The van der Waals surface area contributed by atoms with Crippen molar-refractivity contribution in [3.8, 4) is 0 Å². The monoisotopic (exact) mass is 253 g/mol. The molecule has 0 unspecified atom stereocenters. The fraction of sp³-hybridized carbons (Fsp3) is 0.714. The Labute approximate surface area is 108 Å². The van der Waals surface area contributed by atoms with Crippen LogP contribution in [0.3, 0.4) is 0 Å². The van der Waals surface area contributed by atoms with Gasteiger partial charge < -0.3 is 10.1 Å². The van der Waals surface area contributed by atoms with Crippen molar-refractivity contribution >= 4 is 11.3 Å². The molecule has 1 N–H and O–H groups in total. The Balaban J connectivity index is 1.86. The first-order chi connectivity index (χ1) is 8.35. The molecule has 3 heteroatoms. The minimum absolute atomic E-state index is 0.509. The van der Waals surface area contributed by atoms with E-state index in [1.165, 1.54) is 37.7 Å². The number of rotatable bonds is 7. The van der Waals surface area contributed by atoms with E-state index in [0.29, 0.717) is 5.41 Å². The number of ether oxygens (including phenoxy) is 1. The van der Waals surface area contributed by atoms with Crippen LogP contribution in [-0.2, 0) is 11.2 Å². The van der Waals surface area contributed by atoms with Gasteiger partial charge in [-0.3, -0.25) is 0 Å². The molecule has 1 fully saturated rings. The molecular weight excluding hydrogens is 230 g/mol. The summed E-state index contributed by atoms with van der Waals surface area (Å²) < 4.78 is 5.08. The van der Waals surface area contributed by atoms with Crippen molar-refractivity contribution in [3.05, 3.63) is 22.4 Å². The Kier molecular flexibility index (Phi) is 5.01. The van der Waals surface area contributed by atoms with E-state index in [1.807, 2.05) is 11.3 Å². The Bertz CT molecular complexity index is 304. The second-order valence-electron chi connectivity index (χ2n) is 5.19. The van der Waals surface area contributed by atoms with Crippen molar-refractivity contribution in [2.75, 3.05) is 26.8 Å². The molecule has 0 bridgehead atoms. The van der Waals surface area contributed by atoms with Crippen LogP contribution in [0, 0.1) is 5.41 Å². The van der Waals surface area contributed by atoms with Gasteiger partial charge in [0.15, 0.2) is 0 Å². The highest BCUT2D eigenvalue weighted by Crippen LogP contribution is 2.40. The number of methoxy groups -OCH3 is 1. The third-order valence-corrected chi connectivity index (χ3v) is 4.54. The molecule has 0 saturated heterocycles. The number of thiophene rings is 1. The summed E-state index contributed by atoms with van der Waals surface area (Å²) in [4.78, 5) is 0. The molecule has 17 heavy (non-hydrogen) atoms. The zero-order valence-corrected chi connectivity index (χ0v) is 11.5. The average Bonchev–Trinajstić information content (AvgIpc) is 2.98. The maximum atomic E-state index is 5.08. The highest BCUT2D eigenvalue weighted by Gasteiger charge is 2.33. The van der Waals surface area contributed by atoms with Crippen LogP contribution in [0.15, 0.2) is 16.8 Å². The fourth-order valence-corrected chi connectivity index (χ4v) is 3.56. The van der Waals surface area contributed by atoms with Crippen molar-refractivity contribution in [2.45, 2.75) is 32.1 Å². The molecule has 1 aliphatic rings. The van der Waals surface area contributed by atoms with E-state index < -0.39 is 0 Å². The van der Waals surface area contributed by atoms with Gasteiger partial charge in [0.05, 0.1) is 6.61 Å². The molecule has 0 spiro atoms. The first-order valence-corrected chi connectivity index (χ1v) is 7.50. The molecular formula is C14H23NOS. The quantitative estimate of drug-likeness (QED) is 0.754. The van der Waals surface area contributed by atoms with Gasteiger partial charge in [0.25, 0.3) is 0 Å². The summed E-state index contributed by atoms with van der Waals surface area (Å²) in [7, 11) is 1.76. The standard InChI is InChI=1S/C14H23NOS/c1-16-8-7-15-12-14(5-2-3-6-14)10-13-4-9-17-11-13/h4,9,11,15H,2-3,5-8,10,12H2,1H3. The van der Waals surface area contributed by atoms with Gasteiger partial charge in [0.1, 0.15) is 0 Å². The Hall–Kier alpha value is -0.380. The lowest BCUT2D eigenvalue weighted by Crippen LogP contribution is -2.35. The minimum atomic E-state index is 0.509. The van der Waals surface area contributed by atoms with Gasteiger partial charge in [-0.25, -0.2) is 0 Å². The van der Waals surface area contributed by atoms with Crippen LogP contribution in [0.5, 0.6) is 0 Å². The van der Waals surface area contributed by atoms with Crippen LogP contribution in [0.1, 0.15) is 31.2 Å². The number of hydrogen-bond acceptors (Lipinski definition) is 3. The summed E-state index contributed by atoms with van der Waals surface area (Å²) in [6.45, 7) is 2.93. The summed E-state index contributed by atoms with van der Waals surface area (Å²) >= 11 is 1.81. The van der Waals surface area contributed by atoms with Crippen LogP contribution in [0.25, 0.3) is 0 Å². The lowest BCUT2D eigenvalue weighted by Gasteiger charge is -2.29. The topological polar surface area (TPSA) is 21.3 Å². The van der Waals surface area contributed by atoms with Crippen molar-refractivity contribution in [3.63, 3.8) is 0 Å². The second-order valence-corrected chi connectivity index (χ2v) is 5.97.